The Balaban J connectivity index is 2.18. The van der Waals surface area contributed by atoms with Crippen LogP contribution in [-0.2, 0) is 0 Å². The van der Waals surface area contributed by atoms with Crippen molar-refractivity contribution in [2.24, 2.45) is 5.84 Å². The van der Waals surface area contributed by atoms with Crippen LogP contribution in [0.3, 0.4) is 0 Å². The molecule has 0 spiro atoms. The number of nitrogens with one attached hydrogen (secondary N) is 1. The first-order valence-corrected chi connectivity index (χ1v) is 4.58. The normalized spacial score (nSPS) is 16.2. The largest absolute Gasteiger partial charge is 0.371 e. The first-order valence-electron chi connectivity index (χ1n) is 4.58. The fraction of sp³-hybridized carbons (Fsp3) is 0.444. The van der Waals surface area contributed by atoms with Gasteiger partial charge < -0.3 is 10.3 Å². The van der Waals surface area contributed by atoms with Crippen LogP contribution < -0.4 is 16.2 Å². The van der Waals surface area contributed by atoms with Crippen LogP contribution in [0.5, 0.6) is 0 Å². The maximum Gasteiger partial charge on any atom is 0.141 e. The minimum Gasteiger partial charge on any atom is -0.371 e. The number of aromatic nitrogens is 1. The molecule has 3 N–H and O–H groups in total. The zero-order chi connectivity index (χ0) is 9.10. The molecule has 1 aromatic heterocycles. The SMILES string of the molecule is NNc1cc(N2CCCC2)ccn1. The van der Waals surface area contributed by atoms with Crippen molar-refractivity contribution in [3.05, 3.63) is 18.3 Å². The van der Waals surface area contributed by atoms with Crippen LogP contribution in [0.1, 0.15) is 12.8 Å². The molecular formula is C9H14N4. The van der Waals surface area contributed by atoms with E-state index in [0.29, 0.717) is 0 Å². The molecule has 1 saturated heterocycles. The van der Waals surface area contributed by atoms with E-state index in [2.05, 4.69) is 15.3 Å². The van der Waals surface area contributed by atoms with E-state index in [1.807, 2.05) is 12.1 Å². The molecule has 0 saturated carbocycles. The molecule has 1 aromatic rings. The molecular weight excluding hydrogens is 164 g/mol. The Bertz CT molecular complexity index is 281. The molecule has 0 bridgehead atoms. The Morgan fingerprint density at radius 1 is 1.38 bits per heavy atom. The minimum absolute atomic E-state index is 0.726. The van der Waals surface area contributed by atoms with Crippen LogP contribution in [0, 0.1) is 0 Å². The zero-order valence-corrected chi connectivity index (χ0v) is 7.53. The third kappa shape index (κ3) is 1.72. The average Bonchev–Trinajstić information content (AvgIpc) is 2.71. The lowest BCUT2D eigenvalue weighted by Crippen LogP contribution is -2.18. The summed E-state index contributed by atoms with van der Waals surface area (Å²) >= 11 is 0. The van der Waals surface area contributed by atoms with Gasteiger partial charge in [0.25, 0.3) is 0 Å². The van der Waals surface area contributed by atoms with E-state index in [-0.39, 0.29) is 0 Å². The van der Waals surface area contributed by atoms with Gasteiger partial charge in [0, 0.05) is 31.0 Å². The summed E-state index contributed by atoms with van der Waals surface area (Å²) in [5.74, 6) is 6.01. The molecule has 1 fully saturated rings. The van der Waals surface area contributed by atoms with Crippen molar-refractivity contribution >= 4 is 11.5 Å². The molecule has 4 nitrogen and oxygen atoms in total. The maximum absolute atomic E-state index is 5.29. The van der Waals surface area contributed by atoms with Gasteiger partial charge in [-0.25, -0.2) is 10.8 Å². The molecule has 2 rings (SSSR count). The summed E-state index contributed by atoms with van der Waals surface area (Å²) in [7, 11) is 0. The average molecular weight is 178 g/mol. The van der Waals surface area contributed by atoms with Crippen LogP contribution in [0.2, 0.25) is 0 Å². The van der Waals surface area contributed by atoms with Crippen molar-refractivity contribution in [2.45, 2.75) is 12.8 Å². The summed E-state index contributed by atoms with van der Waals surface area (Å²) in [4.78, 5) is 6.42. The molecule has 4 heteroatoms. The number of nitrogens with two attached hydrogens (primary N) is 1. The monoisotopic (exact) mass is 178 g/mol. The highest BCUT2D eigenvalue weighted by Crippen LogP contribution is 2.21. The van der Waals surface area contributed by atoms with Gasteiger partial charge in [-0.2, -0.15) is 0 Å². The Hall–Kier alpha value is -1.29. The Morgan fingerprint density at radius 3 is 2.85 bits per heavy atom. The predicted molar refractivity (Wildman–Crippen MR) is 53.5 cm³/mol. The van der Waals surface area contributed by atoms with Crippen LogP contribution in [-0.4, -0.2) is 18.1 Å². The van der Waals surface area contributed by atoms with E-state index >= 15 is 0 Å². The van der Waals surface area contributed by atoms with Crippen LogP contribution in [0.4, 0.5) is 11.5 Å². The van der Waals surface area contributed by atoms with Crippen molar-refractivity contribution < 1.29 is 0 Å². The van der Waals surface area contributed by atoms with E-state index in [0.717, 1.165) is 18.9 Å². The van der Waals surface area contributed by atoms with E-state index in [1.165, 1.54) is 18.5 Å². The highest BCUT2D eigenvalue weighted by Gasteiger charge is 2.12. The first-order chi connectivity index (χ1) is 6.40. The molecule has 0 radical (unpaired) electrons. The van der Waals surface area contributed by atoms with Gasteiger partial charge in [-0.1, -0.05) is 0 Å². The number of pyridine rings is 1. The highest BCUT2D eigenvalue weighted by atomic mass is 15.3. The second-order valence-electron chi connectivity index (χ2n) is 3.24. The van der Waals surface area contributed by atoms with Crippen molar-refractivity contribution in [3.63, 3.8) is 0 Å². The minimum atomic E-state index is 0.726. The summed E-state index contributed by atoms with van der Waals surface area (Å²) in [5, 5.41) is 0. The second-order valence-corrected chi connectivity index (χ2v) is 3.24. The summed E-state index contributed by atoms with van der Waals surface area (Å²) in [6.45, 7) is 2.29. The molecule has 2 heterocycles. The summed E-state index contributed by atoms with van der Waals surface area (Å²) < 4.78 is 0. The smallest absolute Gasteiger partial charge is 0.141 e. The van der Waals surface area contributed by atoms with E-state index < -0.39 is 0 Å². The molecule has 0 atom stereocenters. The van der Waals surface area contributed by atoms with Gasteiger partial charge in [0.1, 0.15) is 5.82 Å². The van der Waals surface area contributed by atoms with Crippen molar-refractivity contribution in [1.29, 1.82) is 0 Å². The maximum atomic E-state index is 5.29. The molecule has 13 heavy (non-hydrogen) atoms. The molecule has 0 aromatic carbocycles. The van der Waals surface area contributed by atoms with Crippen LogP contribution in [0.25, 0.3) is 0 Å². The third-order valence-electron chi connectivity index (χ3n) is 2.36. The number of anilines is 2. The van der Waals surface area contributed by atoms with Gasteiger partial charge in [-0.3, -0.25) is 0 Å². The fourth-order valence-electron chi connectivity index (χ4n) is 1.67. The Labute approximate surface area is 77.7 Å². The predicted octanol–water partition coefficient (Wildman–Crippen LogP) is 0.967. The van der Waals surface area contributed by atoms with Crippen LogP contribution >= 0.6 is 0 Å². The van der Waals surface area contributed by atoms with E-state index in [9.17, 15) is 0 Å². The molecule has 0 aliphatic carbocycles. The van der Waals surface area contributed by atoms with Gasteiger partial charge in [0.05, 0.1) is 0 Å². The van der Waals surface area contributed by atoms with Gasteiger partial charge in [-0.05, 0) is 18.9 Å². The van der Waals surface area contributed by atoms with Gasteiger partial charge >= 0.3 is 0 Å². The fourth-order valence-corrected chi connectivity index (χ4v) is 1.67. The molecule has 0 unspecified atom stereocenters. The first kappa shape index (κ1) is 8.31. The molecule has 1 aliphatic rings. The topological polar surface area (TPSA) is 54.2 Å². The van der Waals surface area contributed by atoms with Crippen molar-refractivity contribution in [2.75, 3.05) is 23.4 Å². The highest BCUT2D eigenvalue weighted by molar-refractivity contribution is 5.53. The summed E-state index contributed by atoms with van der Waals surface area (Å²) in [6, 6.07) is 4.00. The molecule has 0 amide bonds. The number of hydrazine groups is 1. The number of nitrogen functional groups attached to an aromatic ring is 1. The number of nitrogens with zero attached hydrogens (tertiary/aromatic N) is 2. The van der Waals surface area contributed by atoms with Crippen molar-refractivity contribution in [1.82, 2.24) is 4.98 Å². The zero-order valence-electron chi connectivity index (χ0n) is 7.53. The quantitative estimate of drug-likeness (QED) is 0.523. The van der Waals surface area contributed by atoms with Gasteiger partial charge in [0.2, 0.25) is 0 Å². The number of hydrogen-bond donors (Lipinski definition) is 2. The lowest BCUT2D eigenvalue weighted by atomic mass is 10.3. The van der Waals surface area contributed by atoms with Gasteiger partial charge in [0.15, 0.2) is 0 Å². The van der Waals surface area contributed by atoms with E-state index in [4.69, 9.17) is 5.84 Å². The lowest BCUT2D eigenvalue weighted by molar-refractivity contribution is 0.949. The lowest BCUT2D eigenvalue weighted by Gasteiger charge is -2.17. The molecule has 70 valence electrons. The Morgan fingerprint density at radius 2 is 2.15 bits per heavy atom. The second kappa shape index (κ2) is 3.62. The van der Waals surface area contributed by atoms with E-state index in [1.54, 1.807) is 6.20 Å². The number of hydrogen-bond acceptors (Lipinski definition) is 4. The standard InChI is InChI=1S/C9H14N4/c10-12-9-7-8(3-4-11-9)13-5-1-2-6-13/h3-4,7H,1-2,5-6,10H2,(H,11,12). The molecule has 1 aliphatic heterocycles. The van der Waals surface area contributed by atoms with Crippen molar-refractivity contribution in [3.8, 4) is 0 Å². The number of rotatable bonds is 2. The third-order valence-corrected chi connectivity index (χ3v) is 2.36. The van der Waals surface area contributed by atoms with Crippen LogP contribution in [0.15, 0.2) is 18.3 Å². The van der Waals surface area contributed by atoms with Gasteiger partial charge in [-0.15, -0.1) is 0 Å². The summed E-state index contributed by atoms with van der Waals surface area (Å²) in [6.07, 6.45) is 4.35. The summed E-state index contributed by atoms with van der Waals surface area (Å²) in [5.41, 5.74) is 3.76. The Kier molecular flexibility index (Phi) is 2.31.